The van der Waals surface area contributed by atoms with Crippen molar-refractivity contribution < 1.29 is 28.5 Å². The van der Waals surface area contributed by atoms with Crippen LogP contribution in [0.3, 0.4) is 0 Å². The molecule has 1 aliphatic heterocycles. The van der Waals surface area contributed by atoms with Gasteiger partial charge in [0.05, 0.1) is 45.3 Å². The molecule has 0 saturated carbocycles. The Bertz CT molecular complexity index is 1210. The highest BCUT2D eigenvalue weighted by Crippen LogP contribution is 2.36. The second-order valence-electron chi connectivity index (χ2n) is 7.58. The van der Waals surface area contributed by atoms with E-state index in [0.29, 0.717) is 36.0 Å². The van der Waals surface area contributed by atoms with Crippen LogP contribution in [0.4, 0.5) is 0 Å². The Labute approximate surface area is 192 Å². The third-order valence-electron chi connectivity index (χ3n) is 5.35. The quantitative estimate of drug-likeness (QED) is 0.391. The van der Waals surface area contributed by atoms with Crippen LogP contribution in [0.15, 0.2) is 48.4 Å². The average Bonchev–Trinajstić information content (AvgIpc) is 2.84. The third-order valence-corrected chi connectivity index (χ3v) is 5.35. The summed E-state index contributed by atoms with van der Waals surface area (Å²) < 4.78 is 27.7. The van der Waals surface area contributed by atoms with Gasteiger partial charge < -0.3 is 23.7 Å². The molecule has 0 amide bonds. The van der Waals surface area contributed by atoms with E-state index in [4.69, 9.17) is 28.7 Å². The van der Waals surface area contributed by atoms with Crippen molar-refractivity contribution >= 4 is 22.4 Å². The van der Waals surface area contributed by atoms with Gasteiger partial charge in [0, 0.05) is 22.9 Å². The largest absolute Gasteiger partial charge is 0.493 e. The number of benzene rings is 2. The Morgan fingerprint density at radius 3 is 2.45 bits per heavy atom. The second kappa shape index (κ2) is 9.81. The molecule has 2 heterocycles. The summed E-state index contributed by atoms with van der Waals surface area (Å²) in [6.07, 6.45) is 0.757. The van der Waals surface area contributed by atoms with Crippen molar-refractivity contribution in [2.24, 2.45) is 0 Å². The molecule has 1 aliphatic rings. The van der Waals surface area contributed by atoms with Gasteiger partial charge in [-0.15, -0.1) is 0 Å². The number of rotatable bonds is 6. The van der Waals surface area contributed by atoms with Crippen molar-refractivity contribution in [3.63, 3.8) is 0 Å². The molecule has 7 nitrogen and oxygen atoms in total. The van der Waals surface area contributed by atoms with E-state index < -0.39 is 5.97 Å². The zero-order valence-corrected chi connectivity index (χ0v) is 19.3. The first-order chi connectivity index (χ1) is 16.0. The molecular weight excluding hydrogens is 422 g/mol. The van der Waals surface area contributed by atoms with Crippen LogP contribution >= 0.6 is 0 Å². The Morgan fingerprint density at radius 2 is 1.76 bits per heavy atom. The van der Waals surface area contributed by atoms with Crippen molar-refractivity contribution in [1.29, 1.82) is 0 Å². The third kappa shape index (κ3) is 4.58. The van der Waals surface area contributed by atoms with Crippen LogP contribution in [0.5, 0.6) is 11.5 Å². The highest BCUT2D eigenvalue weighted by atomic mass is 16.7. The van der Waals surface area contributed by atoms with Crippen LogP contribution in [-0.2, 0) is 19.0 Å². The molecule has 0 bridgehead atoms. The van der Waals surface area contributed by atoms with Gasteiger partial charge in [-0.25, -0.2) is 9.78 Å². The number of carbonyl (C=O) groups is 1. The maximum absolute atomic E-state index is 13.1. The molecule has 0 unspecified atom stereocenters. The summed E-state index contributed by atoms with van der Waals surface area (Å²) in [6.45, 7) is 4.95. The number of esters is 1. The van der Waals surface area contributed by atoms with Crippen LogP contribution in [0.1, 0.15) is 24.5 Å². The summed E-state index contributed by atoms with van der Waals surface area (Å²) in [5, 5.41) is 0.813. The van der Waals surface area contributed by atoms with Crippen LogP contribution in [0.2, 0.25) is 0 Å². The molecule has 0 radical (unpaired) electrons. The molecule has 0 aliphatic carbocycles. The summed E-state index contributed by atoms with van der Waals surface area (Å²) in [7, 11) is 3.18. The van der Waals surface area contributed by atoms with Crippen LogP contribution in [0, 0.1) is 6.92 Å². The Balaban J connectivity index is 1.98. The second-order valence-corrected chi connectivity index (χ2v) is 7.58. The van der Waals surface area contributed by atoms with E-state index >= 15 is 0 Å². The lowest BCUT2D eigenvalue weighted by atomic mass is 9.97. The summed E-state index contributed by atoms with van der Waals surface area (Å²) in [5.41, 5.74) is 4.17. The molecule has 1 aromatic heterocycles. The number of aromatic nitrogens is 1. The molecule has 33 heavy (non-hydrogen) atoms. The zero-order chi connectivity index (χ0) is 23.4. The van der Waals surface area contributed by atoms with Gasteiger partial charge in [-0.2, -0.15) is 0 Å². The van der Waals surface area contributed by atoms with Crippen LogP contribution < -0.4 is 9.47 Å². The van der Waals surface area contributed by atoms with Gasteiger partial charge >= 0.3 is 5.97 Å². The van der Waals surface area contributed by atoms with Crippen molar-refractivity contribution in [3.8, 4) is 22.8 Å². The Kier molecular flexibility index (Phi) is 6.68. The number of hydrogen-bond donors (Lipinski definition) is 0. The predicted octanol–water partition coefficient (Wildman–Crippen LogP) is 4.90. The fraction of sp³-hybridized carbons (Fsp3) is 0.308. The summed E-state index contributed by atoms with van der Waals surface area (Å²) in [4.78, 5) is 18.0. The maximum Gasteiger partial charge on any atom is 0.346 e. The SMILES string of the molecule is CCOC(=O)C(=C1OCCCO1)c1cc(-c2ccc(OC)c(OC)c2)nc2ccc(C)cc12. The smallest absolute Gasteiger partial charge is 0.346 e. The minimum atomic E-state index is -0.498. The first kappa shape index (κ1) is 22.5. The summed E-state index contributed by atoms with van der Waals surface area (Å²) >= 11 is 0. The Hall–Kier alpha value is -3.74. The minimum Gasteiger partial charge on any atom is -0.493 e. The molecule has 172 valence electrons. The topological polar surface area (TPSA) is 76.1 Å². The van der Waals surface area contributed by atoms with Gasteiger partial charge in [0.1, 0.15) is 5.57 Å². The zero-order valence-electron chi connectivity index (χ0n) is 19.3. The molecule has 0 spiro atoms. The fourth-order valence-corrected chi connectivity index (χ4v) is 3.77. The molecule has 0 atom stereocenters. The summed E-state index contributed by atoms with van der Waals surface area (Å²) in [5.74, 6) is 0.898. The van der Waals surface area contributed by atoms with E-state index in [1.165, 1.54) is 0 Å². The average molecular weight is 450 g/mol. The van der Waals surface area contributed by atoms with E-state index in [2.05, 4.69) is 0 Å². The standard InChI is InChI=1S/C26H27NO6/c1-5-31-25(28)24(26-32-11-6-12-33-26)19-15-21(27-20-9-7-16(2)13-18(19)20)17-8-10-22(29-3)23(14-17)30-4/h7-10,13-15H,5-6,11-12H2,1-4H3. The lowest BCUT2D eigenvalue weighted by molar-refractivity contribution is -0.136. The highest BCUT2D eigenvalue weighted by molar-refractivity contribution is 6.20. The molecule has 1 saturated heterocycles. The van der Waals surface area contributed by atoms with Crippen molar-refractivity contribution in [1.82, 2.24) is 4.98 Å². The van der Waals surface area contributed by atoms with E-state index in [1.54, 1.807) is 21.1 Å². The molecule has 4 rings (SSSR count). The van der Waals surface area contributed by atoms with Gasteiger partial charge in [-0.3, -0.25) is 0 Å². The van der Waals surface area contributed by atoms with E-state index in [0.717, 1.165) is 28.5 Å². The van der Waals surface area contributed by atoms with Crippen LogP contribution in [0.25, 0.3) is 27.7 Å². The van der Waals surface area contributed by atoms with Gasteiger partial charge in [0.15, 0.2) is 11.5 Å². The number of fused-ring (bicyclic) bond motifs is 1. The number of ether oxygens (including phenoxy) is 5. The first-order valence-corrected chi connectivity index (χ1v) is 10.9. The van der Waals surface area contributed by atoms with E-state index in [-0.39, 0.29) is 18.1 Å². The fourth-order valence-electron chi connectivity index (χ4n) is 3.77. The monoisotopic (exact) mass is 449 g/mol. The van der Waals surface area contributed by atoms with E-state index in [9.17, 15) is 4.79 Å². The van der Waals surface area contributed by atoms with Gasteiger partial charge in [0.25, 0.3) is 5.95 Å². The number of pyridine rings is 1. The van der Waals surface area contributed by atoms with Crippen LogP contribution in [-0.4, -0.2) is 45.0 Å². The maximum atomic E-state index is 13.1. The number of nitrogens with zero attached hydrogens (tertiary/aromatic N) is 1. The molecule has 0 N–H and O–H groups in total. The Morgan fingerprint density at radius 1 is 1.00 bits per heavy atom. The number of hydrogen-bond acceptors (Lipinski definition) is 7. The van der Waals surface area contributed by atoms with E-state index in [1.807, 2.05) is 49.4 Å². The first-order valence-electron chi connectivity index (χ1n) is 10.9. The molecular formula is C26H27NO6. The normalized spacial score (nSPS) is 13.2. The lowest BCUT2D eigenvalue weighted by Crippen LogP contribution is -2.17. The highest BCUT2D eigenvalue weighted by Gasteiger charge is 2.27. The number of methoxy groups -OCH3 is 2. The van der Waals surface area contributed by atoms with Gasteiger partial charge in [-0.1, -0.05) is 11.6 Å². The van der Waals surface area contributed by atoms with Gasteiger partial charge in [0.2, 0.25) is 0 Å². The van der Waals surface area contributed by atoms with Gasteiger partial charge in [-0.05, 0) is 50.2 Å². The predicted molar refractivity (Wildman–Crippen MR) is 125 cm³/mol. The lowest BCUT2D eigenvalue weighted by Gasteiger charge is -2.21. The molecule has 7 heteroatoms. The minimum absolute atomic E-state index is 0.187. The molecule has 3 aromatic rings. The molecule has 2 aromatic carbocycles. The molecule has 1 fully saturated rings. The number of carbonyl (C=O) groups excluding carboxylic acids is 1. The van der Waals surface area contributed by atoms with Crippen molar-refractivity contribution in [2.45, 2.75) is 20.3 Å². The van der Waals surface area contributed by atoms with Crippen molar-refractivity contribution in [3.05, 3.63) is 59.5 Å². The summed E-state index contributed by atoms with van der Waals surface area (Å²) in [6, 6.07) is 13.4. The van der Waals surface area contributed by atoms with Crippen molar-refractivity contribution in [2.75, 3.05) is 34.0 Å². The number of aryl methyl sites for hydroxylation is 1.